The van der Waals surface area contributed by atoms with Crippen LogP contribution in [-0.2, 0) is 0 Å². The molecule has 3 N–H and O–H groups in total. The third-order valence-electron chi connectivity index (χ3n) is 6.55. The number of ether oxygens (including phenoxy) is 2. The number of unbranched alkanes of at least 4 members (excludes halogenated alkanes) is 2. The van der Waals surface area contributed by atoms with Crippen LogP contribution in [0.5, 0.6) is 11.5 Å². The lowest BCUT2D eigenvalue weighted by Crippen LogP contribution is -2.28. The van der Waals surface area contributed by atoms with E-state index in [0.717, 1.165) is 48.5 Å². The number of nitrogens with zero attached hydrogens (tertiary/aromatic N) is 3. The van der Waals surface area contributed by atoms with Crippen LogP contribution < -0.4 is 20.5 Å². The minimum absolute atomic E-state index is 0.330. The van der Waals surface area contributed by atoms with E-state index in [1.54, 1.807) is 13.4 Å². The lowest BCUT2D eigenvalue weighted by atomic mass is 10.0. The predicted octanol–water partition coefficient (Wildman–Crippen LogP) is 6.12. The second kappa shape index (κ2) is 14.6. The van der Waals surface area contributed by atoms with Gasteiger partial charge in [0.15, 0.2) is 11.5 Å². The Bertz CT molecular complexity index is 1050. The molecule has 0 fully saturated rings. The maximum Gasteiger partial charge on any atom is 0.162 e. The van der Waals surface area contributed by atoms with E-state index in [4.69, 9.17) is 15.2 Å². The number of rotatable bonds is 16. The largest absolute Gasteiger partial charge is 0.493 e. The molecule has 7 heteroatoms. The Kier molecular flexibility index (Phi) is 11.2. The summed E-state index contributed by atoms with van der Waals surface area (Å²) >= 11 is 0. The Hall–Kier alpha value is -2.90. The fourth-order valence-electron chi connectivity index (χ4n) is 4.17. The fraction of sp³-hybridized carbons (Fsp3) is 0.517. The van der Waals surface area contributed by atoms with Gasteiger partial charge in [0.2, 0.25) is 0 Å². The summed E-state index contributed by atoms with van der Waals surface area (Å²) in [7, 11) is 1.66. The summed E-state index contributed by atoms with van der Waals surface area (Å²) in [5.74, 6) is 2.46. The zero-order chi connectivity index (χ0) is 25.8. The number of nitrogens with two attached hydrogens (primary N) is 1. The number of hydrogen-bond acceptors (Lipinski definition) is 7. The molecule has 0 unspecified atom stereocenters. The number of anilines is 2. The van der Waals surface area contributed by atoms with Crippen LogP contribution in [0.4, 0.5) is 11.5 Å². The number of aromatic nitrogens is 2. The van der Waals surface area contributed by atoms with Crippen LogP contribution in [-0.4, -0.2) is 54.8 Å². The molecule has 0 amide bonds. The van der Waals surface area contributed by atoms with Crippen molar-refractivity contribution in [1.29, 1.82) is 0 Å². The highest BCUT2D eigenvalue weighted by Gasteiger charge is 2.13. The standard InChI is InChI=1S/C29H43N5O2/c1-5-7-14-34(15-8-6-2)16-9-17-36-28-18-25-26(19-27(28)35-4)31-21-32-29(25)33-24-12-10-23(11-13-24)22(3)20-30/h10-13,18-19,21-22H,5-9,14-17,20,30H2,1-4H3,(H,31,32,33)/t22-/m1/s1. The van der Waals surface area contributed by atoms with Crippen LogP contribution in [0, 0.1) is 0 Å². The first-order valence-corrected chi connectivity index (χ1v) is 13.3. The first-order valence-electron chi connectivity index (χ1n) is 13.3. The van der Waals surface area contributed by atoms with E-state index in [2.05, 4.69) is 65.2 Å². The number of hydrogen-bond donors (Lipinski definition) is 2. The maximum absolute atomic E-state index is 6.21. The molecule has 196 valence electrons. The van der Waals surface area contributed by atoms with Gasteiger partial charge in [-0.2, -0.15) is 0 Å². The molecule has 2 aromatic carbocycles. The monoisotopic (exact) mass is 493 g/mol. The topological polar surface area (TPSA) is 85.5 Å². The second-order valence-electron chi connectivity index (χ2n) is 9.38. The molecule has 1 aromatic heterocycles. The molecule has 7 nitrogen and oxygen atoms in total. The molecule has 0 saturated heterocycles. The second-order valence-corrected chi connectivity index (χ2v) is 9.38. The van der Waals surface area contributed by atoms with Crippen molar-refractivity contribution in [2.24, 2.45) is 5.73 Å². The van der Waals surface area contributed by atoms with Crippen molar-refractivity contribution in [3.63, 3.8) is 0 Å². The zero-order valence-corrected chi connectivity index (χ0v) is 22.4. The summed E-state index contributed by atoms with van der Waals surface area (Å²) in [5, 5.41) is 4.32. The Morgan fingerprint density at radius 3 is 2.28 bits per heavy atom. The van der Waals surface area contributed by atoms with E-state index in [9.17, 15) is 0 Å². The molecule has 36 heavy (non-hydrogen) atoms. The lowest BCUT2D eigenvalue weighted by Gasteiger charge is -2.22. The van der Waals surface area contributed by atoms with Crippen molar-refractivity contribution in [3.8, 4) is 11.5 Å². The predicted molar refractivity (Wildman–Crippen MR) is 150 cm³/mol. The zero-order valence-electron chi connectivity index (χ0n) is 22.4. The SMILES string of the molecule is CCCCN(CCCC)CCCOc1cc2c(Nc3ccc([C@H](C)CN)cc3)ncnc2cc1OC. The molecule has 0 bridgehead atoms. The molecule has 0 aliphatic heterocycles. The summed E-state index contributed by atoms with van der Waals surface area (Å²) in [5.41, 5.74) is 8.79. The van der Waals surface area contributed by atoms with Crippen LogP contribution in [0.15, 0.2) is 42.7 Å². The third-order valence-corrected chi connectivity index (χ3v) is 6.55. The van der Waals surface area contributed by atoms with Crippen molar-refractivity contribution < 1.29 is 9.47 Å². The minimum atomic E-state index is 0.330. The van der Waals surface area contributed by atoms with Crippen molar-refractivity contribution in [1.82, 2.24) is 14.9 Å². The molecule has 0 aliphatic rings. The van der Waals surface area contributed by atoms with Gasteiger partial charge in [-0.05, 0) is 68.6 Å². The fourth-order valence-corrected chi connectivity index (χ4v) is 4.17. The van der Waals surface area contributed by atoms with Gasteiger partial charge in [-0.25, -0.2) is 9.97 Å². The minimum Gasteiger partial charge on any atom is -0.493 e. The number of methoxy groups -OCH3 is 1. The van der Waals surface area contributed by atoms with Gasteiger partial charge >= 0.3 is 0 Å². The van der Waals surface area contributed by atoms with Gasteiger partial charge in [0.05, 0.1) is 19.2 Å². The van der Waals surface area contributed by atoms with E-state index < -0.39 is 0 Å². The van der Waals surface area contributed by atoms with Crippen LogP contribution in [0.3, 0.4) is 0 Å². The quantitative estimate of drug-likeness (QED) is 0.233. The van der Waals surface area contributed by atoms with Crippen LogP contribution in [0.25, 0.3) is 10.9 Å². The van der Waals surface area contributed by atoms with Gasteiger partial charge in [0.25, 0.3) is 0 Å². The first kappa shape index (κ1) is 27.7. The Morgan fingerprint density at radius 1 is 0.944 bits per heavy atom. The molecule has 1 heterocycles. The normalized spacial score (nSPS) is 12.2. The van der Waals surface area contributed by atoms with Crippen molar-refractivity contribution >= 4 is 22.4 Å². The van der Waals surface area contributed by atoms with Gasteiger partial charge in [-0.15, -0.1) is 0 Å². The highest BCUT2D eigenvalue weighted by Crippen LogP contribution is 2.35. The van der Waals surface area contributed by atoms with Gasteiger partial charge in [0.1, 0.15) is 12.1 Å². The molecule has 3 aromatic rings. The van der Waals surface area contributed by atoms with E-state index >= 15 is 0 Å². The highest BCUT2D eigenvalue weighted by molar-refractivity contribution is 5.93. The molecule has 0 aliphatic carbocycles. The van der Waals surface area contributed by atoms with Gasteiger partial charge < -0.3 is 25.4 Å². The lowest BCUT2D eigenvalue weighted by molar-refractivity contribution is 0.225. The highest BCUT2D eigenvalue weighted by atomic mass is 16.5. The Balaban J connectivity index is 1.71. The van der Waals surface area contributed by atoms with E-state index in [0.29, 0.717) is 30.6 Å². The molecule has 0 spiro atoms. The number of fused-ring (bicyclic) bond motifs is 1. The van der Waals surface area contributed by atoms with Gasteiger partial charge in [-0.3, -0.25) is 0 Å². The number of nitrogens with one attached hydrogen (secondary N) is 1. The Labute approximate surface area is 216 Å². The van der Waals surface area contributed by atoms with Crippen molar-refractivity contribution in [2.75, 3.05) is 45.2 Å². The Morgan fingerprint density at radius 2 is 1.64 bits per heavy atom. The molecular formula is C29H43N5O2. The van der Waals surface area contributed by atoms with E-state index in [1.807, 2.05) is 12.1 Å². The maximum atomic E-state index is 6.21. The van der Waals surface area contributed by atoms with Crippen molar-refractivity contribution in [2.45, 2.75) is 58.8 Å². The molecule has 0 radical (unpaired) electrons. The molecular weight excluding hydrogens is 450 g/mol. The van der Waals surface area contributed by atoms with Gasteiger partial charge in [-0.1, -0.05) is 45.7 Å². The van der Waals surface area contributed by atoms with Crippen LogP contribution in [0.2, 0.25) is 0 Å². The summed E-state index contributed by atoms with van der Waals surface area (Å²) in [6, 6.07) is 12.2. The summed E-state index contributed by atoms with van der Waals surface area (Å²) in [4.78, 5) is 11.5. The van der Waals surface area contributed by atoms with Crippen LogP contribution in [0.1, 0.15) is 64.4 Å². The average Bonchev–Trinajstić information content (AvgIpc) is 2.91. The van der Waals surface area contributed by atoms with E-state index in [-0.39, 0.29) is 0 Å². The summed E-state index contributed by atoms with van der Waals surface area (Å²) in [6.45, 7) is 11.3. The van der Waals surface area contributed by atoms with Crippen molar-refractivity contribution in [3.05, 3.63) is 48.3 Å². The van der Waals surface area contributed by atoms with Crippen LogP contribution >= 0.6 is 0 Å². The molecule has 0 saturated carbocycles. The number of benzene rings is 2. The molecule has 3 rings (SSSR count). The molecule has 1 atom stereocenters. The summed E-state index contributed by atoms with van der Waals surface area (Å²) in [6.07, 6.45) is 7.47. The van der Waals surface area contributed by atoms with E-state index in [1.165, 1.54) is 31.2 Å². The summed E-state index contributed by atoms with van der Waals surface area (Å²) < 4.78 is 11.8. The third kappa shape index (κ3) is 7.80. The smallest absolute Gasteiger partial charge is 0.162 e. The first-order chi connectivity index (χ1) is 17.6. The van der Waals surface area contributed by atoms with Gasteiger partial charge in [0, 0.05) is 23.7 Å². The average molecular weight is 494 g/mol.